The van der Waals surface area contributed by atoms with Crippen LogP contribution in [0.25, 0.3) is 0 Å². The molecule has 2 rings (SSSR count). The van der Waals surface area contributed by atoms with E-state index < -0.39 is 6.09 Å². The molecule has 0 radical (unpaired) electrons. The summed E-state index contributed by atoms with van der Waals surface area (Å²) in [4.78, 5) is 11.5. The average molecular weight is 295 g/mol. The molecule has 1 aliphatic heterocycles. The van der Waals surface area contributed by atoms with E-state index in [0.29, 0.717) is 23.9 Å². The Morgan fingerprint density at radius 1 is 1.14 bits per heavy atom. The van der Waals surface area contributed by atoms with Gasteiger partial charge in [0, 0.05) is 5.41 Å². The van der Waals surface area contributed by atoms with Crippen LogP contribution in [0.15, 0.2) is 12.1 Å². The van der Waals surface area contributed by atoms with Gasteiger partial charge in [-0.15, -0.1) is 0 Å². The van der Waals surface area contributed by atoms with Crippen LogP contribution in [-0.4, -0.2) is 34.0 Å². The molecule has 1 aliphatic rings. The van der Waals surface area contributed by atoms with Gasteiger partial charge in [-0.3, -0.25) is 0 Å². The topological polar surface area (TPSA) is 66.0 Å². The van der Waals surface area contributed by atoms with E-state index >= 15 is 0 Å². The van der Waals surface area contributed by atoms with Gasteiger partial charge in [0.1, 0.15) is 6.61 Å². The van der Waals surface area contributed by atoms with Gasteiger partial charge in [-0.2, -0.15) is 0 Å². The van der Waals surface area contributed by atoms with Crippen molar-refractivity contribution in [3.8, 4) is 17.2 Å². The van der Waals surface area contributed by atoms with Crippen LogP contribution in [-0.2, 0) is 4.74 Å². The molecular formula is C15H21NO5. The molecule has 1 N–H and O–H groups in total. The van der Waals surface area contributed by atoms with Gasteiger partial charge < -0.3 is 24.3 Å². The van der Waals surface area contributed by atoms with Gasteiger partial charge in [0.25, 0.3) is 0 Å². The highest BCUT2D eigenvalue weighted by Gasteiger charge is 2.38. The number of ether oxygens (including phenoxy) is 4. The van der Waals surface area contributed by atoms with Crippen molar-refractivity contribution in [2.45, 2.75) is 19.9 Å². The van der Waals surface area contributed by atoms with E-state index in [-0.39, 0.29) is 11.5 Å². The molecule has 0 aromatic heterocycles. The van der Waals surface area contributed by atoms with Crippen LogP contribution in [0, 0.1) is 5.41 Å². The van der Waals surface area contributed by atoms with E-state index in [1.54, 1.807) is 21.3 Å². The number of rotatable bonds is 4. The number of carbonyl (C=O) groups excluding carboxylic acids is 1. The predicted molar refractivity (Wildman–Crippen MR) is 77.1 cm³/mol. The monoisotopic (exact) mass is 295 g/mol. The van der Waals surface area contributed by atoms with Crippen LogP contribution >= 0.6 is 0 Å². The van der Waals surface area contributed by atoms with Gasteiger partial charge in [0.2, 0.25) is 5.75 Å². The molecule has 1 amide bonds. The second-order valence-electron chi connectivity index (χ2n) is 5.60. The van der Waals surface area contributed by atoms with E-state index in [1.165, 1.54) is 0 Å². The first-order valence-corrected chi connectivity index (χ1v) is 6.66. The predicted octanol–water partition coefficient (Wildman–Crippen LogP) is 2.52. The summed E-state index contributed by atoms with van der Waals surface area (Å²) in [5.41, 5.74) is 0.629. The van der Waals surface area contributed by atoms with Gasteiger partial charge in [-0.05, 0) is 17.7 Å². The Hall–Kier alpha value is -2.11. The molecule has 1 heterocycles. The number of methoxy groups -OCH3 is 3. The lowest BCUT2D eigenvalue weighted by molar-refractivity contribution is 0.0386. The van der Waals surface area contributed by atoms with Gasteiger partial charge in [0.15, 0.2) is 11.5 Å². The fourth-order valence-electron chi connectivity index (χ4n) is 2.49. The Bertz CT molecular complexity index is 516. The number of carbonyl (C=O) groups is 1. The van der Waals surface area contributed by atoms with Crippen molar-refractivity contribution in [1.29, 1.82) is 0 Å². The molecule has 1 aromatic carbocycles. The molecule has 6 heteroatoms. The molecule has 21 heavy (non-hydrogen) atoms. The Labute approximate surface area is 124 Å². The SMILES string of the molecule is COc1cc([C@H]2NC(=O)OCC2(C)C)cc(OC)c1OC. The highest BCUT2D eigenvalue weighted by Crippen LogP contribution is 2.44. The Morgan fingerprint density at radius 2 is 1.71 bits per heavy atom. The van der Waals surface area contributed by atoms with Gasteiger partial charge >= 0.3 is 6.09 Å². The van der Waals surface area contributed by atoms with Crippen molar-refractivity contribution in [3.63, 3.8) is 0 Å². The zero-order chi connectivity index (χ0) is 15.6. The van der Waals surface area contributed by atoms with E-state index in [1.807, 2.05) is 26.0 Å². The maximum atomic E-state index is 11.5. The lowest BCUT2D eigenvalue weighted by Gasteiger charge is -2.38. The second-order valence-corrected chi connectivity index (χ2v) is 5.60. The van der Waals surface area contributed by atoms with Crippen molar-refractivity contribution >= 4 is 6.09 Å². The second kappa shape index (κ2) is 5.71. The van der Waals surface area contributed by atoms with Gasteiger partial charge in [0.05, 0.1) is 27.4 Å². The number of nitrogens with one attached hydrogen (secondary N) is 1. The number of amides is 1. The summed E-state index contributed by atoms with van der Waals surface area (Å²) in [5.74, 6) is 1.65. The molecular weight excluding hydrogens is 274 g/mol. The van der Waals surface area contributed by atoms with Crippen molar-refractivity contribution in [2.75, 3.05) is 27.9 Å². The maximum Gasteiger partial charge on any atom is 0.407 e. The minimum atomic E-state index is -0.423. The number of hydrogen-bond acceptors (Lipinski definition) is 5. The minimum Gasteiger partial charge on any atom is -0.493 e. The quantitative estimate of drug-likeness (QED) is 0.924. The number of hydrogen-bond donors (Lipinski definition) is 1. The minimum absolute atomic E-state index is 0.201. The average Bonchev–Trinajstić information content (AvgIpc) is 2.48. The highest BCUT2D eigenvalue weighted by molar-refractivity contribution is 5.69. The first kappa shape index (κ1) is 15.3. The maximum absolute atomic E-state index is 11.5. The lowest BCUT2D eigenvalue weighted by Crippen LogP contribution is -2.46. The first-order valence-electron chi connectivity index (χ1n) is 6.66. The summed E-state index contributed by atoms with van der Waals surface area (Å²) in [6.07, 6.45) is -0.423. The molecule has 0 aliphatic carbocycles. The third-order valence-corrected chi connectivity index (χ3v) is 3.64. The normalized spacial score (nSPS) is 20.2. The van der Waals surface area contributed by atoms with Crippen LogP contribution in [0.1, 0.15) is 25.5 Å². The van der Waals surface area contributed by atoms with Crippen LogP contribution in [0.2, 0.25) is 0 Å². The van der Waals surface area contributed by atoms with Gasteiger partial charge in [-0.25, -0.2) is 4.79 Å². The first-order chi connectivity index (χ1) is 9.92. The molecule has 1 aromatic rings. The van der Waals surface area contributed by atoms with E-state index in [2.05, 4.69) is 5.32 Å². The Morgan fingerprint density at radius 3 is 2.19 bits per heavy atom. The fourth-order valence-corrected chi connectivity index (χ4v) is 2.49. The van der Waals surface area contributed by atoms with Crippen molar-refractivity contribution in [2.24, 2.45) is 5.41 Å². The molecule has 116 valence electrons. The van der Waals surface area contributed by atoms with Crippen molar-refractivity contribution in [3.05, 3.63) is 17.7 Å². The third-order valence-electron chi connectivity index (χ3n) is 3.64. The number of benzene rings is 1. The molecule has 1 atom stereocenters. The molecule has 1 saturated heterocycles. The van der Waals surface area contributed by atoms with Crippen LogP contribution in [0.5, 0.6) is 17.2 Å². The molecule has 0 bridgehead atoms. The lowest BCUT2D eigenvalue weighted by atomic mass is 9.80. The summed E-state index contributed by atoms with van der Waals surface area (Å²) in [6.45, 7) is 4.40. The van der Waals surface area contributed by atoms with Crippen LogP contribution in [0.3, 0.4) is 0 Å². The third kappa shape index (κ3) is 2.84. The van der Waals surface area contributed by atoms with Crippen molar-refractivity contribution in [1.82, 2.24) is 5.32 Å². The summed E-state index contributed by atoms with van der Waals surface area (Å²) in [7, 11) is 4.68. The van der Waals surface area contributed by atoms with Crippen molar-refractivity contribution < 1.29 is 23.7 Å². The largest absolute Gasteiger partial charge is 0.493 e. The molecule has 1 fully saturated rings. The van der Waals surface area contributed by atoms with Crippen LogP contribution in [0.4, 0.5) is 4.79 Å². The molecule has 0 spiro atoms. The summed E-state index contributed by atoms with van der Waals surface area (Å²) in [5, 5.41) is 2.85. The van der Waals surface area contributed by atoms with E-state index in [9.17, 15) is 4.79 Å². The number of cyclic esters (lactones) is 1. The van der Waals surface area contributed by atoms with E-state index in [0.717, 1.165) is 5.56 Å². The smallest absolute Gasteiger partial charge is 0.407 e. The molecule has 0 unspecified atom stereocenters. The number of alkyl carbamates (subject to hydrolysis) is 1. The van der Waals surface area contributed by atoms with E-state index in [4.69, 9.17) is 18.9 Å². The Balaban J connectivity index is 2.50. The zero-order valence-corrected chi connectivity index (χ0v) is 13.0. The van der Waals surface area contributed by atoms with Crippen LogP contribution < -0.4 is 19.5 Å². The summed E-state index contributed by atoms with van der Waals surface area (Å²) < 4.78 is 21.1. The summed E-state index contributed by atoms with van der Waals surface area (Å²) in [6, 6.07) is 3.49. The van der Waals surface area contributed by atoms with Gasteiger partial charge in [-0.1, -0.05) is 13.8 Å². The standard InChI is InChI=1S/C15H21NO5/c1-15(2)8-21-14(17)16-13(15)9-6-10(18-3)12(20-5)11(7-9)19-4/h6-7,13H,8H2,1-5H3,(H,16,17)/t13-/m1/s1. The Kier molecular flexibility index (Phi) is 4.16. The molecule has 0 saturated carbocycles. The highest BCUT2D eigenvalue weighted by atomic mass is 16.6. The fraction of sp³-hybridized carbons (Fsp3) is 0.533. The zero-order valence-electron chi connectivity index (χ0n) is 13.0. The summed E-state index contributed by atoms with van der Waals surface area (Å²) >= 11 is 0. The molecule has 6 nitrogen and oxygen atoms in total.